The van der Waals surface area contributed by atoms with Crippen molar-refractivity contribution in [2.75, 3.05) is 18.5 Å². The van der Waals surface area contributed by atoms with Gasteiger partial charge >= 0.3 is 5.97 Å². The molecule has 0 aliphatic rings. The first-order valence-electron chi connectivity index (χ1n) is 10.3. The quantitative estimate of drug-likeness (QED) is 0.416. The van der Waals surface area contributed by atoms with E-state index in [2.05, 4.69) is 5.32 Å². The lowest BCUT2D eigenvalue weighted by molar-refractivity contribution is -0.140. The summed E-state index contributed by atoms with van der Waals surface area (Å²) in [5, 5.41) is 3.22. The van der Waals surface area contributed by atoms with E-state index in [1.165, 1.54) is 0 Å². The van der Waals surface area contributed by atoms with E-state index in [9.17, 15) is 4.79 Å². The van der Waals surface area contributed by atoms with E-state index >= 15 is 0 Å². The van der Waals surface area contributed by atoms with Gasteiger partial charge in [0, 0.05) is 11.8 Å². The third kappa shape index (κ3) is 4.53. The van der Waals surface area contributed by atoms with Crippen molar-refractivity contribution >= 4 is 17.4 Å². The van der Waals surface area contributed by atoms with Gasteiger partial charge in [0.25, 0.3) is 0 Å². The van der Waals surface area contributed by atoms with Crippen LogP contribution in [0.3, 0.4) is 0 Å². The maximum atomic E-state index is 12.0. The van der Waals surface area contributed by atoms with E-state index in [0.717, 1.165) is 28.2 Å². The summed E-state index contributed by atoms with van der Waals surface area (Å²) in [6.07, 6.45) is 1.91. The largest absolute Gasteiger partial charge is 0.485 e. The second-order valence-corrected chi connectivity index (χ2v) is 7.12. The molecular formula is C25H25N3O3. The lowest BCUT2D eigenvalue weighted by Crippen LogP contribution is -2.18. The lowest BCUT2D eigenvalue weighted by atomic mass is 10.1. The van der Waals surface area contributed by atoms with Crippen molar-refractivity contribution in [1.29, 1.82) is 0 Å². The van der Waals surface area contributed by atoms with Gasteiger partial charge in [-0.15, -0.1) is 0 Å². The number of fused-ring (bicyclic) bond motifs is 1. The smallest absolute Gasteiger partial charge is 0.325 e. The molecule has 6 nitrogen and oxygen atoms in total. The molecular weight excluding hydrogens is 390 g/mol. The number of esters is 1. The molecule has 2 heterocycles. The SMILES string of the molecule is CCOC(=O)CNc1c(-c2ccccc2C)nc2c(OCc3ccccc3)cccn12. The highest BCUT2D eigenvalue weighted by molar-refractivity contribution is 5.83. The van der Waals surface area contributed by atoms with Crippen LogP contribution in [0, 0.1) is 6.92 Å². The highest BCUT2D eigenvalue weighted by Crippen LogP contribution is 2.34. The summed E-state index contributed by atoms with van der Waals surface area (Å²) in [7, 11) is 0. The Kier molecular flexibility index (Phi) is 6.17. The number of anilines is 1. The fraction of sp³-hybridized carbons (Fsp3) is 0.200. The molecule has 0 bridgehead atoms. The van der Waals surface area contributed by atoms with Crippen LogP contribution in [0.25, 0.3) is 16.9 Å². The van der Waals surface area contributed by atoms with Gasteiger partial charge in [-0.25, -0.2) is 4.98 Å². The standard InChI is InChI=1S/C25H25N3O3/c1-3-30-22(29)16-26-25-23(20-13-8-7-10-18(20)2)27-24-21(14-9-15-28(24)25)31-17-19-11-5-4-6-12-19/h4-15,26H,3,16-17H2,1-2H3. The highest BCUT2D eigenvalue weighted by atomic mass is 16.5. The van der Waals surface area contributed by atoms with Crippen LogP contribution in [-0.2, 0) is 16.1 Å². The fourth-order valence-corrected chi connectivity index (χ4v) is 3.45. The van der Waals surface area contributed by atoms with E-state index in [-0.39, 0.29) is 12.5 Å². The first-order valence-corrected chi connectivity index (χ1v) is 10.3. The summed E-state index contributed by atoms with van der Waals surface area (Å²) in [6.45, 7) is 4.67. The van der Waals surface area contributed by atoms with Gasteiger partial charge in [-0.2, -0.15) is 0 Å². The number of carbonyl (C=O) groups excluding carboxylic acids is 1. The maximum absolute atomic E-state index is 12.0. The van der Waals surface area contributed by atoms with E-state index in [4.69, 9.17) is 14.5 Å². The van der Waals surface area contributed by atoms with Crippen LogP contribution in [0.15, 0.2) is 72.9 Å². The van der Waals surface area contributed by atoms with Crippen molar-refractivity contribution in [1.82, 2.24) is 9.38 Å². The van der Waals surface area contributed by atoms with Crippen LogP contribution in [0.5, 0.6) is 5.75 Å². The topological polar surface area (TPSA) is 64.9 Å². The average molecular weight is 415 g/mol. The summed E-state index contributed by atoms with van der Waals surface area (Å²) in [5.41, 5.74) is 4.61. The molecule has 4 rings (SSSR count). The van der Waals surface area contributed by atoms with Crippen LogP contribution < -0.4 is 10.1 Å². The summed E-state index contributed by atoms with van der Waals surface area (Å²) >= 11 is 0. The third-order valence-corrected chi connectivity index (χ3v) is 4.96. The van der Waals surface area contributed by atoms with Gasteiger partial charge in [-0.05, 0) is 37.1 Å². The van der Waals surface area contributed by atoms with E-state index in [1.54, 1.807) is 6.92 Å². The minimum atomic E-state index is -0.315. The molecule has 0 spiro atoms. The van der Waals surface area contributed by atoms with Crippen molar-refractivity contribution in [3.63, 3.8) is 0 Å². The second-order valence-electron chi connectivity index (χ2n) is 7.12. The van der Waals surface area contributed by atoms with Crippen LogP contribution in [0.4, 0.5) is 5.82 Å². The van der Waals surface area contributed by atoms with Crippen LogP contribution in [0.2, 0.25) is 0 Å². The first-order chi connectivity index (χ1) is 15.2. The molecule has 0 saturated carbocycles. The van der Waals surface area contributed by atoms with Gasteiger partial charge in [0.1, 0.15) is 24.7 Å². The third-order valence-electron chi connectivity index (χ3n) is 4.96. The molecule has 0 unspecified atom stereocenters. The number of rotatable bonds is 8. The number of benzene rings is 2. The minimum absolute atomic E-state index is 0.0512. The van der Waals surface area contributed by atoms with Gasteiger partial charge < -0.3 is 14.8 Å². The zero-order valence-electron chi connectivity index (χ0n) is 17.7. The second kappa shape index (κ2) is 9.34. The number of nitrogens with zero attached hydrogens (tertiary/aromatic N) is 2. The van der Waals surface area contributed by atoms with Crippen LogP contribution >= 0.6 is 0 Å². The van der Waals surface area contributed by atoms with Crippen molar-refractivity contribution in [2.45, 2.75) is 20.5 Å². The Balaban J connectivity index is 1.74. The summed E-state index contributed by atoms with van der Waals surface area (Å²) in [4.78, 5) is 16.9. The Morgan fingerprint density at radius 3 is 2.58 bits per heavy atom. The van der Waals surface area contributed by atoms with Gasteiger partial charge in [-0.3, -0.25) is 9.20 Å². The van der Waals surface area contributed by atoms with Gasteiger partial charge in [0.2, 0.25) is 0 Å². The molecule has 0 amide bonds. The molecule has 2 aromatic heterocycles. The molecule has 31 heavy (non-hydrogen) atoms. The number of imidazole rings is 1. The normalized spacial score (nSPS) is 10.8. The Bertz CT molecular complexity index is 1190. The summed E-state index contributed by atoms with van der Waals surface area (Å²) in [6, 6.07) is 21.9. The molecule has 2 aromatic carbocycles. The Morgan fingerprint density at radius 1 is 1.03 bits per heavy atom. The van der Waals surface area contributed by atoms with Crippen LogP contribution in [0.1, 0.15) is 18.1 Å². The van der Waals surface area contributed by atoms with Crippen molar-refractivity contribution in [2.24, 2.45) is 0 Å². The van der Waals surface area contributed by atoms with E-state index < -0.39 is 0 Å². The first kappa shape index (κ1) is 20.5. The van der Waals surface area contributed by atoms with E-state index in [0.29, 0.717) is 24.6 Å². The number of hydrogen-bond donors (Lipinski definition) is 1. The zero-order valence-corrected chi connectivity index (χ0v) is 17.7. The molecule has 158 valence electrons. The number of hydrogen-bond acceptors (Lipinski definition) is 5. The lowest BCUT2D eigenvalue weighted by Gasteiger charge is -2.10. The molecule has 0 fully saturated rings. The van der Waals surface area contributed by atoms with Crippen molar-refractivity contribution in [3.8, 4) is 17.0 Å². The Morgan fingerprint density at radius 2 is 1.81 bits per heavy atom. The predicted molar refractivity (Wildman–Crippen MR) is 121 cm³/mol. The Hall–Kier alpha value is -3.80. The molecule has 6 heteroatoms. The molecule has 0 atom stereocenters. The Labute approximate surface area is 181 Å². The average Bonchev–Trinajstić information content (AvgIpc) is 3.16. The summed E-state index contributed by atoms with van der Waals surface area (Å²) in [5.74, 6) is 1.08. The number of carbonyl (C=O) groups is 1. The van der Waals surface area contributed by atoms with E-state index in [1.807, 2.05) is 84.3 Å². The molecule has 0 saturated heterocycles. The predicted octanol–water partition coefficient (Wildman–Crippen LogP) is 4.86. The van der Waals surface area contributed by atoms with Gasteiger partial charge in [0.05, 0.1) is 6.61 Å². The van der Waals surface area contributed by atoms with Gasteiger partial charge in [0.15, 0.2) is 11.4 Å². The molecule has 4 aromatic rings. The number of aromatic nitrogens is 2. The molecule has 1 N–H and O–H groups in total. The number of ether oxygens (including phenoxy) is 2. The molecule has 0 aliphatic heterocycles. The summed E-state index contributed by atoms with van der Waals surface area (Å²) < 4.78 is 13.1. The van der Waals surface area contributed by atoms with Gasteiger partial charge in [-0.1, -0.05) is 54.6 Å². The fourth-order valence-electron chi connectivity index (χ4n) is 3.45. The molecule has 0 aliphatic carbocycles. The monoisotopic (exact) mass is 415 g/mol. The highest BCUT2D eigenvalue weighted by Gasteiger charge is 2.19. The number of pyridine rings is 1. The van der Waals surface area contributed by atoms with Crippen LogP contribution in [-0.4, -0.2) is 28.5 Å². The van der Waals surface area contributed by atoms with Crippen molar-refractivity contribution in [3.05, 3.63) is 84.1 Å². The number of nitrogens with one attached hydrogen (secondary N) is 1. The number of aryl methyl sites for hydroxylation is 1. The maximum Gasteiger partial charge on any atom is 0.325 e. The minimum Gasteiger partial charge on any atom is -0.485 e. The van der Waals surface area contributed by atoms with Crippen molar-refractivity contribution < 1.29 is 14.3 Å². The zero-order chi connectivity index (χ0) is 21.6. The molecule has 0 radical (unpaired) electrons.